The van der Waals surface area contributed by atoms with Gasteiger partial charge in [0.25, 0.3) is 0 Å². The molecule has 0 bridgehead atoms. The summed E-state index contributed by atoms with van der Waals surface area (Å²) in [7, 11) is 3.55. The average Bonchev–Trinajstić information content (AvgIpc) is 2.46. The van der Waals surface area contributed by atoms with Crippen molar-refractivity contribution in [2.75, 3.05) is 24.3 Å². The lowest BCUT2D eigenvalue weighted by molar-refractivity contribution is -0.142. The smallest absolute Gasteiger partial charge is 0.416 e. The molecular formula is C16H21F3N2O2. The number of rotatable bonds is 4. The summed E-state index contributed by atoms with van der Waals surface area (Å²) in [5.41, 5.74) is 0.423. The molecule has 1 aliphatic rings. The molecule has 0 aromatic heterocycles. The van der Waals surface area contributed by atoms with E-state index in [4.69, 9.17) is 5.11 Å². The van der Waals surface area contributed by atoms with Crippen molar-refractivity contribution < 1.29 is 23.1 Å². The summed E-state index contributed by atoms with van der Waals surface area (Å²) in [6.07, 6.45) is -2.02. The summed E-state index contributed by atoms with van der Waals surface area (Å²) in [5.74, 6) is -1.14. The van der Waals surface area contributed by atoms with E-state index in [1.165, 1.54) is 6.07 Å². The van der Waals surface area contributed by atoms with Crippen LogP contribution in [0.25, 0.3) is 0 Å². The van der Waals surface area contributed by atoms with E-state index in [1.807, 2.05) is 0 Å². The predicted molar refractivity (Wildman–Crippen MR) is 82.8 cm³/mol. The molecule has 1 fully saturated rings. The fourth-order valence-corrected chi connectivity index (χ4v) is 2.92. The SMILES string of the molecule is CN(C)c1ccc(C(F)(F)F)cc1NC1CCC(C(=O)O)CC1. The van der Waals surface area contributed by atoms with E-state index in [2.05, 4.69) is 5.32 Å². The van der Waals surface area contributed by atoms with Crippen LogP contribution >= 0.6 is 0 Å². The van der Waals surface area contributed by atoms with E-state index in [1.54, 1.807) is 19.0 Å². The van der Waals surface area contributed by atoms with Crippen molar-refractivity contribution in [2.45, 2.75) is 37.9 Å². The van der Waals surface area contributed by atoms with E-state index < -0.39 is 17.7 Å². The topological polar surface area (TPSA) is 52.6 Å². The molecule has 23 heavy (non-hydrogen) atoms. The largest absolute Gasteiger partial charge is 0.481 e. The van der Waals surface area contributed by atoms with Crippen molar-refractivity contribution >= 4 is 17.3 Å². The Morgan fingerprint density at radius 1 is 1.22 bits per heavy atom. The van der Waals surface area contributed by atoms with Crippen LogP contribution in [-0.4, -0.2) is 31.2 Å². The van der Waals surface area contributed by atoms with Gasteiger partial charge < -0.3 is 15.3 Å². The molecule has 0 radical (unpaired) electrons. The molecule has 7 heteroatoms. The van der Waals surface area contributed by atoms with Crippen LogP contribution in [0.3, 0.4) is 0 Å². The van der Waals surface area contributed by atoms with Crippen molar-refractivity contribution in [1.82, 2.24) is 0 Å². The van der Waals surface area contributed by atoms with E-state index in [-0.39, 0.29) is 12.0 Å². The molecule has 0 unspecified atom stereocenters. The van der Waals surface area contributed by atoms with Gasteiger partial charge in [0, 0.05) is 20.1 Å². The third kappa shape index (κ3) is 4.30. The predicted octanol–water partition coefficient (Wildman–Crippen LogP) is 3.83. The van der Waals surface area contributed by atoms with Crippen LogP contribution in [0.1, 0.15) is 31.2 Å². The molecule has 0 amide bonds. The van der Waals surface area contributed by atoms with E-state index in [0.717, 1.165) is 12.1 Å². The average molecular weight is 330 g/mol. The summed E-state index contributed by atoms with van der Waals surface area (Å²) in [6.45, 7) is 0. The molecule has 0 spiro atoms. The van der Waals surface area contributed by atoms with Crippen LogP contribution in [0.5, 0.6) is 0 Å². The van der Waals surface area contributed by atoms with Gasteiger partial charge in [-0.15, -0.1) is 0 Å². The summed E-state index contributed by atoms with van der Waals surface area (Å²) >= 11 is 0. The van der Waals surface area contributed by atoms with Crippen LogP contribution in [-0.2, 0) is 11.0 Å². The molecular weight excluding hydrogens is 309 g/mol. The zero-order chi connectivity index (χ0) is 17.2. The number of aliphatic carboxylic acids is 1. The fourth-order valence-electron chi connectivity index (χ4n) is 2.92. The number of carbonyl (C=O) groups is 1. The van der Waals surface area contributed by atoms with Crippen LogP contribution in [0.2, 0.25) is 0 Å². The lowest BCUT2D eigenvalue weighted by atomic mass is 9.86. The monoisotopic (exact) mass is 330 g/mol. The van der Waals surface area contributed by atoms with Gasteiger partial charge in [-0.2, -0.15) is 13.2 Å². The Morgan fingerprint density at radius 2 is 1.83 bits per heavy atom. The molecule has 0 heterocycles. The molecule has 0 aliphatic heterocycles. The van der Waals surface area contributed by atoms with Crippen molar-refractivity contribution in [3.8, 4) is 0 Å². The molecule has 1 aromatic carbocycles. The molecule has 2 rings (SSSR count). The van der Waals surface area contributed by atoms with Gasteiger partial charge in [-0.1, -0.05) is 0 Å². The number of nitrogens with zero attached hydrogens (tertiary/aromatic N) is 1. The zero-order valence-corrected chi connectivity index (χ0v) is 13.2. The molecule has 2 N–H and O–H groups in total. The second kappa shape index (κ2) is 6.68. The van der Waals surface area contributed by atoms with Gasteiger partial charge in [0.05, 0.1) is 22.9 Å². The minimum absolute atomic E-state index is 0.00668. The summed E-state index contributed by atoms with van der Waals surface area (Å²) in [4.78, 5) is 12.7. The summed E-state index contributed by atoms with van der Waals surface area (Å²) in [6, 6.07) is 3.64. The van der Waals surface area contributed by atoms with Crippen molar-refractivity contribution in [3.05, 3.63) is 23.8 Å². The van der Waals surface area contributed by atoms with E-state index in [0.29, 0.717) is 37.1 Å². The standard InChI is InChI=1S/C16H21F3N2O2/c1-21(2)14-8-5-11(16(17,18)19)9-13(14)20-12-6-3-10(4-7-12)15(22)23/h5,8-10,12,20H,3-4,6-7H2,1-2H3,(H,22,23). The minimum Gasteiger partial charge on any atom is -0.481 e. The first-order valence-electron chi connectivity index (χ1n) is 7.56. The van der Waals surface area contributed by atoms with Crippen LogP contribution in [0, 0.1) is 5.92 Å². The first kappa shape index (κ1) is 17.4. The molecule has 1 aliphatic carbocycles. The molecule has 0 saturated heterocycles. The first-order chi connectivity index (χ1) is 10.7. The van der Waals surface area contributed by atoms with Gasteiger partial charge in [-0.25, -0.2) is 0 Å². The zero-order valence-electron chi connectivity index (χ0n) is 13.2. The van der Waals surface area contributed by atoms with Crippen LogP contribution in [0.15, 0.2) is 18.2 Å². The Bertz CT molecular complexity index is 565. The van der Waals surface area contributed by atoms with Gasteiger partial charge >= 0.3 is 12.1 Å². The number of benzene rings is 1. The highest BCUT2D eigenvalue weighted by Crippen LogP contribution is 2.36. The maximum absolute atomic E-state index is 12.9. The van der Waals surface area contributed by atoms with Crippen molar-refractivity contribution in [3.63, 3.8) is 0 Å². The second-order valence-electron chi connectivity index (χ2n) is 6.16. The van der Waals surface area contributed by atoms with E-state index >= 15 is 0 Å². The molecule has 1 saturated carbocycles. The Labute approximate surface area is 133 Å². The first-order valence-corrected chi connectivity index (χ1v) is 7.56. The molecule has 0 atom stereocenters. The third-order valence-corrected chi connectivity index (χ3v) is 4.24. The number of anilines is 2. The van der Waals surface area contributed by atoms with Crippen LogP contribution < -0.4 is 10.2 Å². The van der Waals surface area contributed by atoms with Crippen molar-refractivity contribution in [2.24, 2.45) is 5.92 Å². The molecule has 1 aromatic rings. The van der Waals surface area contributed by atoms with Gasteiger partial charge in [-0.3, -0.25) is 4.79 Å². The van der Waals surface area contributed by atoms with Gasteiger partial charge in [0.2, 0.25) is 0 Å². The number of nitrogens with one attached hydrogen (secondary N) is 1. The van der Waals surface area contributed by atoms with Gasteiger partial charge in [0.15, 0.2) is 0 Å². The Balaban J connectivity index is 2.16. The number of carboxylic acids is 1. The lowest BCUT2D eigenvalue weighted by Gasteiger charge is -2.29. The highest BCUT2D eigenvalue weighted by atomic mass is 19.4. The Morgan fingerprint density at radius 3 is 2.30 bits per heavy atom. The maximum Gasteiger partial charge on any atom is 0.416 e. The Kier molecular flexibility index (Phi) is 5.06. The van der Waals surface area contributed by atoms with Gasteiger partial charge in [-0.05, 0) is 43.9 Å². The third-order valence-electron chi connectivity index (χ3n) is 4.24. The van der Waals surface area contributed by atoms with Crippen molar-refractivity contribution in [1.29, 1.82) is 0 Å². The van der Waals surface area contributed by atoms with E-state index in [9.17, 15) is 18.0 Å². The quantitative estimate of drug-likeness (QED) is 0.881. The lowest BCUT2D eigenvalue weighted by Crippen LogP contribution is -2.30. The number of carboxylic acid groups (broad SMARTS) is 1. The van der Waals surface area contributed by atoms with Gasteiger partial charge in [0.1, 0.15) is 0 Å². The maximum atomic E-state index is 12.9. The normalized spacial score (nSPS) is 21.8. The van der Waals surface area contributed by atoms with Crippen LogP contribution in [0.4, 0.5) is 24.5 Å². The number of alkyl halides is 3. The molecule has 4 nitrogen and oxygen atoms in total. The number of halogens is 3. The minimum atomic E-state index is -4.39. The second-order valence-corrected chi connectivity index (χ2v) is 6.16. The molecule has 128 valence electrons. The summed E-state index contributed by atoms with van der Waals surface area (Å²) in [5, 5.41) is 12.2. The number of hydrogen-bond acceptors (Lipinski definition) is 3. The highest BCUT2D eigenvalue weighted by Gasteiger charge is 2.32. The summed E-state index contributed by atoms with van der Waals surface area (Å²) < 4.78 is 38.7. The number of hydrogen-bond donors (Lipinski definition) is 2. The Hall–Kier alpha value is -1.92. The highest BCUT2D eigenvalue weighted by molar-refractivity contribution is 5.72. The fraction of sp³-hybridized carbons (Fsp3) is 0.562.